The van der Waals surface area contributed by atoms with E-state index >= 15 is 0 Å². The first kappa shape index (κ1) is 12.3. The van der Waals surface area contributed by atoms with E-state index in [1.165, 1.54) is 0 Å². The van der Waals surface area contributed by atoms with Crippen LogP contribution in [-0.4, -0.2) is 23.8 Å². The third-order valence-corrected chi connectivity index (χ3v) is 2.95. The number of halogens is 1. The number of aryl methyl sites for hydroxylation is 1. The van der Waals surface area contributed by atoms with Crippen LogP contribution in [0.25, 0.3) is 0 Å². The third kappa shape index (κ3) is 2.43. The third-order valence-electron chi connectivity index (χ3n) is 2.47. The van der Waals surface area contributed by atoms with E-state index in [1.54, 1.807) is 27.0 Å². The van der Waals surface area contributed by atoms with E-state index in [0.717, 1.165) is 5.56 Å². The molecule has 0 saturated carbocycles. The smallest absolute Gasteiger partial charge is 0.137 e. The van der Waals surface area contributed by atoms with Crippen molar-refractivity contribution in [1.29, 1.82) is 0 Å². The summed E-state index contributed by atoms with van der Waals surface area (Å²) in [6, 6.07) is 1.80. The second-order valence-corrected chi connectivity index (χ2v) is 4.02. The number of rotatable bonds is 3. The molecule has 0 aliphatic rings. The molecule has 84 valence electrons. The topological polar surface area (TPSA) is 52.5 Å². The van der Waals surface area contributed by atoms with Crippen molar-refractivity contribution >= 4 is 11.6 Å². The van der Waals surface area contributed by atoms with Gasteiger partial charge < -0.3 is 15.5 Å². The van der Waals surface area contributed by atoms with Gasteiger partial charge in [0.25, 0.3) is 0 Å². The second kappa shape index (κ2) is 4.84. The molecular formula is C11H16ClNO2. The lowest BCUT2D eigenvalue weighted by molar-refractivity contribution is 0.176. The molecule has 1 atom stereocenters. The highest BCUT2D eigenvalue weighted by Crippen LogP contribution is 2.35. The van der Waals surface area contributed by atoms with Crippen molar-refractivity contribution in [3.8, 4) is 5.75 Å². The summed E-state index contributed by atoms with van der Waals surface area (Å²) in [4.78, 5) is 0. The highest BCUT2D eigenvalue weighted by atomic mass is 35.5. The first-order valence-corrected chi connectivity index (χ1v) is 5.18. The average molecular weight is 230 g/mol. The van der Waals surface area contributed by atoms with Crippen LogP contribution in [0, 0.1) is 13.8 Å². The normalized spacial score (nSPS) is 12.9. The fourth-order valence-corrected chi connectivity index (χ4v) is 1.74. The van der Waals surface area contributed by atoms with Crippen LogP contribution < -0.4 is 5.32 Å². The van der Waals surface area contributed by atoms with Crippen LogP contribution in [-0.2, 0) is 0 Å². The summed E-state index contributed by atoms with van der Waals surface area (Å²) >= 11 is 5.89. The molecule has 15 heavy (non-hydrogen) atoms. The Kier molecular flexibility index (Phi) is 3.97. The van der Waals surface area contributed by atoms with Crippen LogP contribution in [0.4, 0.5) is 0 Å². The van der Waals surface area contributed by atoms with Gasteiger partial charge in [-0.1, -0.05) is 17.7 Å². The van der Waals surface area contributed by atoms with Crippen molar-refractivity contribution in [1.82, 2.24) is 5.32 Å². The van der Waals surface area contributed by atoms with Crippen LogP contribution in [0.3, 0.4) is 0 Å². The molecule has 3 nitrogen and oxygen atoms in total. The van der Waals surface area contributed by atoms with Gasteiger partial charge in [-0.3, -0.25) is 0 Å². The van der Waals surface area contributed by atoms with E-state index in [-0.39, 0.29) is 5.75 Å². The maximum atomic E-state index is 9.82. The van der Waals surface area contributed by atoms with E-state index < -0.39 is 6.10 Å². The monoisotopic (exact) mass is 229 g/mol. The number of likely N-dealkylation sites (N-methyl/N-ethyl adjacent to an activating group) is 1. The molecule has 0 aliphatic heterocycles. The molecule has 1 aromatic rings. The fourth-order valence-electron chi connectivity index (χ4n) is 1.54. The first-order valence-electron chi connectivity index (χ1n) is 4.80. The fraction of sp³-hybridized carbons (Fsp3) is 0.455. The van der Waals surface area contributed by atoms with Gasteiger partial charge in [-0.05, 0) is 37.6 Å². The predicted molar refractivity (Wildman–Crippen MR) is 61.5 cm³/mol. The van der Waals surface area contributed by atoms with Gasteiger partial charge in [0.05, 0.1) is 11.1 Å². The number of hydrogen-bond acceptors (Lipinski definition) is 3. The van der Waals surface area contributed by atoms with Crippen molar-refractivity contribution in [2.75, 3.05) is 13.6 Å². The summed E-state index contributed by atoms with van der Waals surface area (Å²) < 4.78 is 0. The number of nitrogens with one attached hydrogen (secondary N) is 1. The van der Waals surface area contributed by atoms with E-state index in [4.69, 9.17) is 11.6 Å². The number of aliphatic hydroxyl groups is 1. The second-order valence-electron chi connectivity index (χ2n) is 3.64. The molecule has 0 aliphatic carbocycles. The molecule has 4 heteroatoms. The molecule has 1 aromatic carbocycles. The van der Waals surface area contributed by atoms with Gasteiger partial charge in [-0.2, -0.15) is 0 Å². The van der Waals surface area contributed by atoms with Crippen LogP contribution in [0.5, 0.6) is 5.75 Å². The van der Waals surface area contributed by atoms with Gasteiger partial charge in [0.15, 0.2) is 0 Å². The molecule has 0 saturated heterocycles. The van der Waals surface area contributed by atoms with Crippen molar-refractivity contribution in [2.45, 2.75) is 20.0 Å². The molecular weight excluding hydrogens is 214 g/mol. The Morgan fingerprint density at radius 2 is 2.07 bits per heavy atom. The Morgan fingerprint density at radius 1 is 1.47 bits per heavy atom. The zero-order valence-corrected chi connectivity index (χ0v) is 9.89. The number of aromatic hydroxyl groups is 1. The van der Waals surface area contributed by atoms with Crippen molar-refractivity contribution in [3.05, 3.63) is 27.8 Å². The molecule has 1 rings (SSSR count). The molecule has 0 heterocycles. The van der Waals surface area contributed by atoms with Crippen LogP contribution in [0.15, 0.2) is 6.07 Å². The summed E-state index contributed by atoms with van der Waals surface area (Å²) in [5.74, 6) is 0.0572. The first-order chi connectivity index (χ1) is 6.99. The molecule has 3 N–H and O–H groups in total. The van der Waals surface area contributed by atoms with Gasteiger partial charge in [-0.25, -0.2) is 0 Å². The quantitative estimate of drug-likeness (QED) is 0.742. The highest BCUT2D eigenvalue weighted by molar-refractivity contribution is 6.32. The van der Waals surface area contributed by atoms with Gasteiger partial charge in [0.2, 0.25) is 0 Å². The lowest BCUT2D eigenvalue weighted by Gasteiger charge is -2.16. The predicted octanol–water partition coefficient (Wildman–Crippen LogP) is 1.92. The molecule has 0 spiro atoms. The van der Waals surface area contributed by atoms with Crippen LogP contribution >= 0.6 is 11.6 Å². The van der Waals surface area contributed by atoms with Crippen LogP contribution in [0.2, 0.25) is 5.02 Å². The molecule has 0 fully saturated rings. The summed E-state index contributed by atoms with van der Waals surface area (Å²) in [5, 5.41) is 22.8. The molecule has 0 amide bonds. The number of phenols is 1. The highest BCUT2D eigenvalue weighted by Gasteiger charge is 2.16. The lowest BCUT2D eigenvalue weighted by Crippen LogP contribution is -2.17. The maximum Gasteiger partial charge on any atom is 0.137 e. The number of benzene rings is 1. The summed E-state index contributed by atoms with van der Waals surface area (Å²) in [5.41, 5.74) is 2.11. The maximum absolute atomic E-state index is 9.82. The molecule has 0 radical (unpaired) electrons. The minimum Gasteiger partial charge on any atom is -0.506 e. The standard InChI is InChI=1S/C11H16ClNO2/c1-6-4-8(9(14)5-13-3)7(2)11(15)10(6)12/h4,9,13-15H,5H2,1-3H3. The summed E-state index contributed by atoms with van der Waals surface area (Å²) in [6.45, 7) is 3.99. The van der Waals surface area contributed by atoms with Crippen LogP contribution in [0.1, 0.15) is 22.8 Å². The summed E-state index contributed by atoms with van der Waals surface area (Å²) in [6.07, 6.45) is -0.628. The van der Waals surface area contributed by atoms with E-state index in [2.05, 4.69) is 5.32 Å². The Morgan fingerprint density at radius 3 is 2.60 bits per heavy atom. The molecule has 0 aromatic heterocycles. The van der Waals surface area contributed by atoms with Gasteiger partial charge >= 0.3 is 0 Å². The largest absolute Gasteiger partial charge is 0.506 e. The Hall–Kier alpha value is -0.770. The Bertz CT molecular complexity index is 366. The molecule has 0 bridgehead atoms. The zero-order chi connectivity index (χ0) is 11.6. The Labute approximate surface area is 94.7 Å². The van der Waals surface area contributed by atoms with Crippen molar-refractivity contribution in [3.63, 3.8) is 0 Å². The lowest BCUT2D eigenvalue weighted by atomic mass is 9.99. The number of hydrogen-bond donors (Lipinski definition) is 3. The SMILES string of the molecule is CNCC(O)c1cc(C)c(Cl)c(O)c1C. The summed E-state index contributed by atoms with van der Waals surface area (Å²) in [7, 11) is 1.77. The molecule has 1 unspecified atom stereocenters. The van der Waals surface area contributed by atoms with Gasteiger partial charge in [-0.15, -0.1) is 0 Å². The van der Waals surface area contributed by atoms with Crippen molar-refractivity contribution in [2.24, 2.45) is 0 Å². The van der Waals surface area contributed by atoms with E-state index in [9.17, 15) is 10.2 Å². The zero-order valence-electron chi connectivity index (χ0n) is 9.13. The minimum atomic E-state index is -0.628. The van der Waals surface area contributed by atoms with Gasteiger partial charge in [0, 0.05) is 6.54 Å². The number of aliphatic hydroxyl groups excluding tert-OH is 1. The van der Waals surface area contributed by atoms with Crippen molar-refractivity contribution < 1.29 is 10.2 Å². The van der Waals surface area contributed by atoms with Gasteiger partial charge in [0.1, 0.15) is 5.75 Å². The Balaban J connectivity index is 3.19. The van der Waals surface area contributed by atoms with E-state index in [0.29, 0.717) is 22.7 Å². The van der Waals surface area contributed by atoms with E-state index in [1.807, 2.05) is 0 Å². The average Bonchev–Trinajstić information content (AvgIpc) is 2.20. The minimum absolute atomic E-state index is 0.0572. The number of phenolic OH excluding ortho intramolecular Hbond substituents is 1.